The lowest BCUT2D eigenvalue weighted by Gasteiger charge is -2.34. The maximum atomic E-state index is 12.3. The van der Waals surface area contributed by atoms with Crippen LogP contribution in [0.15, 0.2) is 30.3 Å². The van der Waals surface area contributed by atoms with Crippen LogP contribution in [-0.4, -0.2) is 43.2 Å². The van der Waals surface area contributed by atoms with Crippen molar-refractivity contribution in [1.82, 2.24) is 4.90 Å². The Hall–Kier alpha value is -1.39. The number of hydrogen-bond donors (Lipinski definition) is 0. The molecule has 0 spiro atoms. The highest BCUT2D eigenvalue weighted by molar-refractivity contribution is 5.81. The van der Waals surface area contributed by atoms with E-state index in [2.05, 4.69) is 0 Å². The number of rotatable bonds is 2. The maximum Gasteiger partial charge on any atom is 0.251 e. The van der Waals surface area contributed by atoms with Gasteiger partial charge in [0.25, 0.3) is 5.91 Å². The van der Waals surface area contributed by atoms with E-state index >= 15 is 0 Å². The zero-order chi connectivity index (χ0) is 13.1. The molecule has 2 aliphatic rings. The van der Waals surface area contributed by atoms with Crippen molar-refractivity contribution in [2.75, 3.05) is 26.3 Å². The Labute approximate surface area is 113 Å². The second-order valence-electron chi connectivity index (χ2n) is 5.06. The van der Waals surface area contributed by atoms with Crippen LogP contribution in [0.4, 0.5) is 0 Å². The monoisotopic (exact) mass is 261 g/mol. The Balaban J connectivity index is 1.66. The van der Waals surface area contributed by atoms with Crippen LogP contribution in [0.25, 0.3) is 0 Å². The Morgan fingerprint density at radius 3 is 2.74 bits per heavy atom. The molecule has 0 saturated carbocycles. The van der Waals surface area contributed by atoms with Crippen LogP contribution in [0.2, 0.25) is 0 Å². The normalized spacial score (nSPS) is 27.5. The van der Waals surface area contributed by atoms with Crippen LogP contribution < -0.4 is 0 Å². The summed E-state index contributed by atoms with van der Waals surface area (Å²) in [6, 6.07) is 10.1. The van der Waals surface area contributed by atoms with Gasteiger partial charge in [0, 0.05) is 13.2 Å². The molecule has 2 atom stereocenters. The van der Waals surface area contributed by atoms with Gasteiger partial charge in [0.05, 0.1) is 13.2 Å². The van der Waals surface area contributed by atoms with Crippen molar-refractivity contribution >= 4 is 5.91 Å². The largest absolute Gasteiger partial charge is 0.370 e. The Morgan fingerprint density at radius 1 is 1.16 bits per heavy atom. The molecule has 0 N–H and O–H groups in total. The van der Waals surface area contributed by atoms with E-state index in [-0.39, 0.29) is 18.1 Å². The third-order valence-corrected chi connectivity index (χ3v) is 3.75. The van der Waals surface area contributed by atoms with Gasteiger partial charge in [0.1, 0.15) is 12.2 Å². The second kappa shape index (κ2) is 5.72. The summed E-state index contributed by atoms with van der Waals surface area (Å²) in [6.45, 7) is 2.60. The molecule has 1 amide bonds. The molecule has 2 fully saturated rings. The highest BCUT2D eigenvalue weighted by Crippen LogP contribution is 2.24. The lowest BCUT2D eigenvalue weighted by atomic mass is 10.1. The zero-order valence-corrected chi connectivity index (χ0v) is 11.0. The van der Waals surface area contributed by atoms with Gasteiger partial charge < -0.3 is 14.4 Å². The molecule has 3 rings (SSSR count). The van der Waals surface area contributed by atoms with Crippen molar-refractivity contribution in [3.63, 3.8) is 0 Å². The lowest BCUT2D eigenvalue weighted by Crippen LogP contribution is -2.46. The summed E-state index contributed by atoms with van der Waals surface area (Å²) < 4.78 is 11.2. The number of nitrogens with zero attached hydrogens (tertiary/aromatic N) is 1. The molecule has 1 aromatic rings. The minimum Gasteiger partial charge on any atom is -0.370 e. The van der Waals surface area contributed by atoms with Crippen molar-refractivity contribution in [2.45, 2.75) is 25.0 Å². The van der Waals surface area contributed by atoms with Gasteiger partial charge in [-0.2, -0.15) is 0 Å². The first-order valence-corrected chi connectivity index (χ1v) is 6.91. The lowest BCUT2D eigenvalue weighted by molar-refractivity contribution is -0.148. The SMILES string of the molecule is O=C([C@H]1CCCO1)N1CCO[C@H](c2ccccc2)C1. The smallest absolute Gasteiger partial charge is 0.251 e. The number of carbonyl (C=O) groups is 1. The number of amides is 1. The molecule has 1 aromatic carbocycles. The summed E-state index contributed by atoms with van der Waals surface area (Å²) in [6.07, 6.45) is 1.60. The summed E-state index contributed by atoms with van der Waals surface area (Å²) in [7, 11) is 0. The van der Waals surface area contributed by atoms with Gasteiger partial charge in [-0.1, -0.05) is 30.3 Å². The number of morpholine rings is 1. The molecule has 2 aliphatic heterocycles. The highest BCUT2D eigenvalue weighted by Gasteiger charge is 2.32. The van der Waals surface area contributed by atoms with Gasteiger partial charge in [-0.3, -0.25) is 4.79 Å². The first-order chi connectivity index (χ1) is 9.34. The fourth-order valence-corrected chi connectivity index (χ4v) is 2.69. The van der Waals surface area contributed by atoms with Crippen molar-refractivity contribution in [1.29, 1.82) is 0 Å². The van der Waals surface area contributed by atoms with E-state index in [1.54, 1.807) is 0 Å². The van der Waals surface area contributed by atoms with E-state index in [1.165, 1.54) is 0 Å². The van der Waals surface area contributed by atoms with E-state index in [4.69, 9.17) is 9.47 Å². The molecule has 4 nitrogen and oxygen atoms in total. The number of hydrogen-bond acceptors (Lipinski definition) is 3. The van der Waals surface area contributed by atoms with Crippen LogP contribution >= 0.6 is 0 Å². The molecular weight excluding hydrogens is 242 g/mol. The van der Waals surface area contributed by atoms with Crippen LogP contribution in [0.3, 0.4) is 0 Å². The third kappa shape index (κ3) is 2.80. The van der Waals surface area contributed by atoms with Crippen molar-refractivity contribution in [3.05, 3.63) is 35.9 Å². The molecule has 4 heteroatoms. The molecule has 2 saturated heterocycles. The maximum absolute atomic E-state index is 12.3. The number of carbonyl (C=O) groups excluding carboxylic acids is 1. The van der Waals surface area contributed by atoms with E-state index in [9.17, 15) is 4.79 Å². The summed E-state index contributed by atoms with van der Waals surface area (Å²) in [5.41, 5.74) is 1.13. The molecule has 0 bridgehead atoms. The highest BCUT2D eigenvalue weighted by atomic mass is 16.5. The quantitative estimate of drug-likeness (QED) is 0.814. The molecule has 2 heterocycles. The Bertz CT molecular complexity index is 428. The van der Waals surface area contributed by atoms with E-state index in [0.717, 1.165) is 18.4 Å². The summed E-state index contributed by atoms with van der Waals surface area (Å²) in [5, 5.41) is 0. The first-order valence-electron chi connectivity index (χ1n) is 6.91. The Kier molecular flexibility index (Phi) is 3.80. The van der Waals surface area contributed by atoms with Crippen molar-refractivity contribution in [2.24, 2.45) is 0 Å². The van der Waals surface area contributed by atoms with E-state index in [0.29, 0.717) is 26.3 Å². The van der Waals surface area contributed by atoms with Gasteiger partial charge in [0.2, 0.25) is 0 Å². The van der Waals surface area contributed by atoms with Gasteiger partial charge in [-0.25, -0.2) is 0 Å². The summed E-state index contributed by atoms with van der Waals surface area (Å²) in [4.78, 5) is 14.2. The van der Waals surface area contributed by atoms with Crippen LogP contribution in [0.1, 0.15) is 24.5 Å². The topological polar surface area (TPSA) is 38.8 Å². The van der Waals surface area contributed by atoms with Crippen LogP contribution in [0.5, 0.6) is 0 Å². The minimum atomic E-state index is -0.227. The molecule has 19 heavy (non-hydrogen) atoms. The van der Waals surface area contributed by atoms with Crippen molar-refractivity contribution in [3.8, 4) is 0 Å². The third-order valence-electron chi connectivity index (χ3n) is 3.75. The second-order valence-corrected chi connectivity index (χ2v) is 5.06. The predicted octanol–water partition coefficient (Wildman–Crippen LogP) is 1.77. The van der Waals surface area contributed by atoms with Gasteiger partial charge in [-0.15, -0.1) is 0 Å². The minimum absolute atomic E-state index is 0.0136. The molecule has 0 radical (unpaired) electrons. The van der Waals surface area contributed by atoms with Crippen LogP contribution in [-0.2, 0) is 14.3 Å². The molecular formula is C15H19NO3. The standard InChI is InChI=1S/C15H19NO3/c17-15(13-7-4-9-18-13)16-8-10-19-14(11-16)12-5-2-1-3-6-12/h1-3,5-6,13-14H,4,7-11H2/t13-,14+/m1/s1. The summed E-state index contributed by atoms with van der Waals surface area (Å²) >= 11 is 0. The van der Waals surface area contributed by atoms with E-state index in [1.807, 2.05) is 35.2 Å². The van der Waals surface area contributed by atoms with Crippen molar-refractivity contribution < 1.29 is 14.3 Å². The number of ether oxygens (including phenoxy) is 2. The zero-order valence-electron chi connectivity index (χ0n) is 11.0. The van der Waals surface area contributed by atoms with Gasteiger partial charge in [-0.05, 0) is 18.4 Å². The average molecular weight is 261 g/mol. The first kappa shape index (κ1) is 12.6. The Morgan fingerprint density at radius 2 is 2.00 bits per heavy atom. The van der Waals surface area contributed by atoms with Gasteiger partial charge in [0.15, 0.2) is 0 Å². The molecule has 102 valence electrons. The van der Waals surface area contributed by atoms with Gasteiger partial charge >= 0.3 is 0 Å². The molecule has 0 aliphatic carbocycles. The number of benzene rings is 1. The summed E-state index contributed by atoms with van der Waals surface area (Å²) in [5.74, 6) is 0.127. The van der Waals surface area contributed by atoms with E-state index < -0.39 is 0 Å². The average Bonchev–Trinajstić information content (AvgIpc) is 3.02. The molecule has 0 unspecified atom stereocenters. The van der Waals surface area contributed by atoms with Crippen LogP contribution in [0, 0.1) is 0 Å². The molecule has 0 aromatic heterocycles. The fraction of sp³-hybridized carbons (Fsp3) is 0.533. The predicted molar refractivity (Wildman–Crippen MR) is 70.7 cm³/mol. The fourth-order valence-electron chi connectivity index (χ4n) is 2.69.